The van der Waals surface area contributed by atoms with Crippen LogP contribution < -0.4 is 5.73 Å². The molecule has 1 aromatic rings. The number of rotatable bonds is 2. The van der Waals surface area contributed by atoms with Crippen LogP contribution in [-0.2, 0) is 16.0 Å². The molecule has 2 N–H and O–H groups in total. The Balaban J connectivity index is 1.82. The van der Waals surface area contributed by atoms with E-state index in [0.29, 0.717) is 19.1 Å². The molecule has 4 heteroatoms. The Morgan fingerprint density at radius 3 is 3.00 bits per heavy atom. The van der Waals surface area contributed by atoms with Crippen LogP contribution in [0.15, 0.2) is 24.3 Å². The molecule has 0 bridgehead atoms. The molecule has 1 fully saturated rings. The highest BCUT2D eigenvalue weighted by molar-refractivity contribution is 5.83. The van der Waals surface area contributed by atoms with Gasteiger partial charge in [-0.05, 0) is 43.4 Å². The monoisotopic (exact) mass is 274 g/mol. The number of hydrogen-bond acceptors (Lipinski definition) is 3. The normalized spacial score (nSPS) is 29.3. The van der Waals surface area contributed by atoms with Crippen LogP contribution in [0.2, 0.25) is 0 Å². The minimum absolute atomic E-state index is 0.0978. The Labute approximate surface area is 119 Å². The number of carbonyl (C=O) groups is 1. The summed E-state index contributed by atoms with van der Waals surface area (Å²) in [7, 11) is 0. The van der Waals surface area contributed by atoms with E-state index in [0.717, 1.165) is 24.9 Å². The lowest BCUT2D eigenvalue weighted by Gasteiger charge is -2.30. The van der Waals surface area contributed by atoms with Crippen molar-refractivity contribution >= 4 is 5.91 Å². The van der Waals surface area contributed by atoms with Crippen LogP contribution in [0.1, 0.15) is 30.6 Å². The van der Waals surface area contributed by atoms with Crippen molar-refractivity contribution in [3.05, 3.63) is 35.4 Å². The van der Waals surface area contributed by atoms with Gasteiger partial charge in [0.05, 0.1) is 6.61 Å². The second kappa shape index (κ2) is 5.54. The fraction of sp³-hybridized carbons (Fsp3) is 0.562. The first-order valence-corrected chi connectivity index (χ1v) is 7.40. The SMILES string of the molecule is CC1CC(CN)CN1C(=O)C1OCCc2ccccc21. The summed E-state index contributed by atoms with van der Waals surface area (Å²) < 4.78 is 5.77. The number of fused-ring (bicyclic) bond motifs is 1. The Morgan fingerprint density at radius 1 is 1.45 bits per heavy atom. The smallest absolute Gasteiger partial charge is 0.256 e. The highest BCUT2D eigenvalue weighted by Crippen LogP contribution is 2.32. The number of nitrogens with two attached hydrogens (primary N) is 1. The van der Waals surface area contributed by atoms with Gasteiger partial charge in [-0.1, -0.05) is 24.3 Å². The van der Waals surface area contributed by atoms with Crippen LogP contribution in [0.25, 0.3) is 0 Å². The predicted octanol–water partition coefficient (Wildman–Crippen LogP) is 1.50. The van der Waals surface area contributed by atoms with Gasteiger partial charge in [0.25, 0.3) is 5.91 Å². The number of nitrogens with zero attached hydrogens (tertiary/aromatic N) is 1. The summed E-state index contributed by atoms with van der Waals surface area (Å²) in [6, 6.07) is 8.36. The van der Waals surface area contributed by atoms with E-state index in [1.807, 2.05) is 23.1 Å². The van der Waals surface area contributed by atoms with Crippen molar-refractivity contribution in [1.29, 1.82) is 0 Å². The molecule has 0 aromatic heterocycles. The Hall–Kier alpha value is -1.39. The number of hydrogen-bond donors (Lipinski definition) is 1. The molecular weight excluding hydrogens is 252 g/mol. The highest BCUT2D eigenvalue weighted by Gasteiger charge is 2.37. The van der Waals surface area contributed by atoms with Crippen molar-refractivity contribution in [3.8, 4) is 0 Å². The van der Waals surface area contributed by atoms with E-state index >= 15 is 0 Å². The third-order valence-corrected chi connectivity index (χ3v) is 4.50. The van der Waals surface area contributed by atoms with Gasteiger partial charge in [-0.25, -0.2) is 0 Å². The molecule has 0 saturated carbocycles. The molecule has 2 aliphatic heterocycles. The van der Waals surface area contributed by atoms with Crippen molar-refractivity contribution in [3.63, 3.8) is 0 Å². The highest BCUT2D eigenvalue weighted by atomic mass is 16.5. The fourth-order valence-corrected chi connectivity index (χ4v) is 3.37. The van der Waals surface area contributed by atoms with Gasteiger partial charge in [-0.15, -0.1) is 0 Å². The van der Waals surface area contributed by atoms with E-state index in [-0.39, 0.29) is 11.9 Å². The number of likely N-dealkylation sites (tertiary alicyclic amines) is 1. The van der Waals surface area contributed by atoms with Gasteiger partial charge in [0, 0.05) is 12.6 Å². The molecule has 1 amide bonds. The molecule has 0 spiro atoms. The van der Waals surface area contributed by atoms with Crippen LogP contribution in [0.5, 0.6) is 0 Å². The predicted molar refractivity (Wildman–Crippen MR) is 77.2 cm³/mol. The molecule has 3 atom stereocenters. The van der Waals surface area contributed by atoms with E-state index in [9.17, 15) is 4.79 Å². The van der Waals surface area contributed by atoms with Crippen LogP contribution in [0.4, 0.5) is 0 Å². The lowest BCUT2D eigenvalue weighted by atomic mass is 9.96. The minimum atomic E-state index is -0.432. The lowest BCUT2D eigenvalue weighted by Crippen LogP contribution is -2.40. The first-order valence-electron chi connectivity index (χ1n) is 7.40. The van der Waals surface area contributed by atoms with Crippen molar-refractivity contribution < 1.29 is 9.53 Å². The fourth-order valence-electron chi connectivity index (χ4n) is 3.37. The summed E-state index contributed by atoms with van der Waals surface area (Å²) in [4.78, 5) is 14.7. The average molecular weight is 274 g/mol. The van der Waals surface area contributed by atoms with Gasteiger partial charge < -0.3 is 15.4 Å². The molecule has 0 radical (unpaired) electrons. The van der Waals surface area contributed by atoms with Crippen molar-refractivity contribution in [2.45, 2.75) is 31.9 Å². The van der Waals surface area contributed by atoms with Crippen LogP contribution in [0.3, 0.4) is 0 Å². The number of carbonyl (C=O) groups excluding carboxylic acids is 1. The third kappa shape index (κ3) is 2.34. The number of benzene rings is 1. The summed E-state index contributed by atoms with van der Waals surface area (Å²) in [6.45, 7) is 4.13. The molecule has 2 heterocycles. The quantitative estimate of drug-likeness (QED) is 0.889. The van der Waals surface area contributed by atoms with Gasteiger partial charge in [-0.3, -0.25) is 4.79 Å². The molecule has 108 valence electrons. The summed E-state index contributed by atoms with van der Waals surface area (Å²) in [5.74, 6) is 0.522. The zero-order valence-corrected chi connectivity index (χ0v) is 11.9. The largest absolute Gasteiger partial charge is 0.363 e. The Bertz CT molecular complexity index is 503. The van der Waals surface area contributed by atoms with E-state index in [2.05, 4.69) is 13.0 Å². The summed E-state index contributed by atoms with van der Waals surface area (Å²) in [5, 5.41) is 0. The summed E-state index contributed by atoms with van der Waals surface area (Å²) in [5.41, 5.74) is 8.01. The second-order valence-corrected chi connectivity index (χ2v) is 5.88. The van der Waals surface area contributed by atoms with Gasteiger partial charge in [0.1, 0.15) is 0 Å². The summed E-state index contributed by atoms with van der Waals surface area (Å²) in [6.07, 6.45) is 1.45. The van der Waals surface area contributed by atoms with E-state index in [1.54, 1.807) is 0 Å². The standard InChI is InChI=1S/C16H22N2O2/c1-11-8-12(9-17)10-18(11)16(19)15-14-5-3-2-4-13(14)6-7-20-15/h2-5,11-12,15H,6-10,17H2,1H3. The van der Waals surface area contributed by atoms with Crippen molar-refractivity contribution in [2.24, 2.45) is 11.7 Å². The van der Waals surface area contributed by atoms with Crippen molar-refractivity contribution in [2.75, 3.05) is 19.7 Å². The topological polar surface area (TPSA) is 55.6 Å². The lowest BCUT2D eigenvalue weighted by molar-refractivity contribution is -0.145. The summed E-state index contributed by atoms with van der Waals surface area (Å²) >= 11 is 0. The molecule has 0 aliphatic carbocycles. The number of ether oxygens (including phenoxy) is 1. The van der Waals surface area contributed by atoms with E-state index in [4.69, 9.17) is 10.5 Å². The minimum Gasteiger partial charge on any atom is -0.363 e. The molecule has 3 unspecified atom stereocenters. The Morgan fingerprint density at radius 2 is 2.25 bits per heavy atom. The van der Waals surface area contributed by atoms with Gasteiger partial charge in [-0.2, -0.15) is 0 Å². The average Bonchev–Trinajstić information content (AvgIpc) is 2.87. The third-order valence-electron chi connectivity index (χ3n) is 4.50. The van der Waals surface area contributed by atoms with Crippen LogP contribution in [-0.4, -0.2) is 36.5 Å². The molecule has 3 rings (SSSR count). The van der Waals surface area contributed by atoms with E-state index < -0.39 is 6.10 Å². The van der Waals surface area contributed by atoms with Crippen LogP contribution in [0, 0.1) is 5.92 Å². The Kier molecular flexibility index (Phi) is 3.76. The maximum absolute atomic E-state index is 12.8. The zero-order valence-electron chi connectivity index (χ0n) is 11.9. The zero-order chi connectivity index (χ0) is 14.1. The molecular formula is C16H22N2O2. The van der Waals surface area contributed by atoms with E-state index in [1.165, 1.54) is 5.56 Å². The first-order chi connectivity index (χ1) is 9.70. The van der Waals surface area contributed by atoms with Crippen molar-refractivity contribution in [1.82, 2.24) is 4.90 Å². The van der Waals surface area contributed by atoms with Crippen LogP contribution >= 0.6 is 0 Å². The molecule has 1 aromatic carbocycles. The van der Waals surface area contributed by atoms with Gasteiger partial charge in [0.2, 0.25) is 0 Å². The molecule has 4 nitrogen and oxygen atoms in total. The molecule has 1 saturated heterocycles. The first kappa shape index (κ1) is 13.6. The molecule has 2 aliphatic rings. The number of amides is 1. The van der Waals surface area contributed by atoms with Gasteiger partial charge >= 0.3 is 0 Å². The van der Waals surface area contributed by atoms with Gasteiger partial charge in [0.15, 0.2) is 6.10 Å². The second-order valence-electron chi connectivity index (χ2n) is 5.88. The molecule has 20 heavy (non-hydrogen) atoms. The maximum Gasteiger partial charge on any atom is 0.256 e. The maximum atomic E-state index is 12.8.